The van der Waals surface area contributed by atoms with Crippen LogP contribution in [0.3, 0.4) is 0 Å². The van der Waals surface area contributed by atoms with Crippen molar-refractivity contribution < 1.29 is 5.11 Å². The molecule has 0 aliphatic heterocycles. The third-order valence-electron chi connectivity index (χ3n) is 1.93. The summed E-state index contributed by atoms with van der Waals surface area (Å²) in [5, 5.41) is 10.4. The smallest absolute Gasteiger partial charge is 0.196 e. The molecule has 1 aromatic heterocycles. The maximum Gasteiger partial charge on any atom is 0.196 e. The highest BCUT2D eigenvalue weighted by molar-refractivity contribution is 7.21. The van der Waals surface area contributed by atoms with E-state index in [1.54, 1.807) is 0 Å². The number of fused-ring (bicyclic) bond motifs is 1. The first-order valence-corrected chi connectivity index (χ1v) is 5.13. The third kappa shape index (κ3) is 1.34. The molecule has 0 aliphatic rings. The molecular weight excluding hydrogens is 206 g/mol. The molecule has 2 rings (SSSR count). The van der Waals surface area contributed by atoms with Crippen LogP contribution in [-0.2, 0) is 5.88 Å². The fourth-order valence-electron chi connectivity index (χ4n) is 1.23. The van der Waals surface area contributed by atoms with E-state index in [0.717, 1.165) is 15.6 Å². The first kappa shape index (κ1) is 8.66. The molecule has 1 heterocycles. The molecule has 68 valence electrons. The summed E-state index contributed by atoms with van der Waals surface area (Å²) < 4.78 is 0.990. The summed E-state index contributed by atoms with van der Waals surface area (Å²) in [4.78, 5) is 0. The molecule has 2 nitrogen and oxygen atoms in total. The van der Waals surface area contributed by atoms with Crippen LogP contribution in [0.2, 0.25) is 0 Å². The Morgan fingerprint density at radius 2 is 2.23 bits per heavy atom. The van der Waals surface area contributed by atoms with E-state index in [1.807, 2.05) is 18.2 Å². The molecular formula is C9H8ClNOS. The SMILES string of the molecule is Nc1c(O)sc2ccc(CCl)cc12. The number of anilines is 1. The van der Waals surface area contributed by atoms with Gasteiger partial charge in [-0.05, 0) is 17.7 Å². The normalized spacial score (nSPS) is 10.8. The molecule has 0 fully saturated rings. The van der Waals surface area contributed by atoms with Crippen molar-refractivity contribution in [3.8, 4) is 5.06 Å². The zero-order valence-corrected chi connectivity index (χ0v) is 8.32. The minimum Gasteiger partial charge on any atom is -0.498 e. The molecule has 0 amide bonds. The molecule has 0 saturated heterocycles. The lowest BCUT2D eigenvalue weighted by molar-refractivity contribution is 0.493. The quantitative estimate of drug-likeness (QED) is 0.716. The van der Waals surface area contributed by atoms with Crippen molar-refractivity contribution >= 4 is 38.7 Å². The number of aromatic hydroxyl groups is 1. The first-order valence-electron chi connectivity index (χ1n) is 3.78. The number of hydrogen-bond acceptors (Lipinski definition) is 3. The van der Waals surface area contributed by atoms with Gasteiger partial charge in [-0.25, -0.2) is 0 Å². The van der Waals surface area contributed by atoms with Gasteiger partial charge in [0.25, 0.3) is 0 Å². The van der Waals surface area contributed by atoms with E-state index >= 15 is 0 Å². The predicted octanol–water partition coefficient (Wildman–Crippen LogP) is 2.93. The van der Waals surface area contributed by atoms with Crippen LogP contribution in [-0.4, -0.2) is 5.11 Å². The summed E-state index contributed by atoms with van der Waals surface area (Å²) >= 11 is 6.97. The average Bonchev–Trinajstić information content (AvgIpc) is 2.43. The van der Waals surface area contributed by atoms with Gasteiger partial charge in [-0.1, -0.05) is 17.4 Å². The highest BCUT2D eigenvalue weighted by Crippen LogP contribution is 2.39. The molecule has 13 heavy (non-hydrogen) atoms. The summed E-state index contributed by atoms with van der Waals surface area (Å²) in [6, 6.07) is 5.77. The molecule has 1 aromatic carbocycles. The number of nitrogens with two attached hydrogens (primary N) is 1. The van der Waals surface area contributed by atoms with E-state index in [4.69, 9.17) is 17.3 Å². The van der Waals surface area contributed by atoms with Gasteiger partial charge in [0.15, 0.2) is 5.06 Å². The molecule has 0 aliphatic carbocycles. The number of thiophene rings is 1. The second-order valence-electron chi connectivity index (χ2n) is 2.79. The van der Waals surface area contributed by atoms with E-state index in [2.05, 4.69) is 0 Å². The van der Waals surface area contributed by atoms with Crippen LogP contribution in [0.1, 0.15) is 5.56 Å². The molecule has 0 radical (unpaired) electrons. The van der Waals surface area contributed by atoms with E-state index in [9.17, 15) is 5.11 Å². The lowest BCUT2D eigenvalue weighted by Gasteiger charge is -1.95. The van der Waals surface area contributed by atoms with Gasteiger partial charge in [-0.15, -0.1) is 11.6 Å². The third-order valence-corrected chi connectivity index (χ3v) is 3.22. The van der Waals surface area contributed by atoms with Crippen molar-refractivity contribution in [2.45, 2.75) is 5.88 Å². The maximum absolute atomic E-state index is 9.37. The van der Waals surface area contributed by atoms with E-state index in [0.29, 0.717) is 11.6 Å². The number of hydrogen-bond donors (Lipinski definition) is 2. The lowest BCUT2D eigenvalue weighted by atomic mass is 10.2. The van der Waals surface area contributed by atoms with Gasteiger partial charge in [0.05, 0.1) is 5.69 Å². The molecule has 0 atom stereocenters. The summed E-state index contributed by atoms with van der Waals surface area (Å²) in [7, 11) is 0. The van der Waals surface area contributed by atoms with Crippen LogP contribution in [0.25, 0.3) is 10.1 Å². The number of nitrogen functional groups attached to an aromatic ring is 1. The van der Waals surface area contributed by atoms with E-state index < -0.39 is 0 Å². The number of alkyl halides is 1. The van der Waals surface area contributed by atoms with Crippen LogP contribution in [0.5, 0.6) is 5.06 Å². The van der Waals surface area contributed by atoms with E-state index in [-0.39, 0.29) is 5.06 Å². The Balaban J connectivity index is 2.75. The monoisotopic (exact) mass is 213 g/mol. The van der Waals surface area contributed by atoms with Crippen LogP contribution in [0, 0.1) is 0 Å². The number of halogens is 1. The van der Waals surface area contributed by atoms with Crippen molar-refractivity contribution in [2.75, 3.05) is 5.73 Å². The highest BCUT2D eigenvalue weighted by atomic mass is 35.5. The van der Waals surface area contributed by atoms with Gasteiger partial charge in [0.1, 0.15) is 0 Å². The first-order chi connectivity index (χ1) is 6.22. The zero-order valence-electron chi connectivity index (χ0n) is 6.75. The second kappa shape index (κ2) is 3.09. The van der Waals surface area contributed by atoms with Gasteiger partial charge >= 0.3 is 0 Å². The molecule has 0 unspecified atom stereocenters. The standard InChI is InChI=1S/C9H8ClNOS/c10-4-5-1-2-7-6(3-5)8(11)9(12)13-7/h1-3,12H,4,11H2. The molecule has 3 N–H and O–H groups in total. The Bertz CT molecular complexity index is 452. The zero-order chi connectivity index (χ0) is 9.42. The Kier molecular flexibility index (Phi) is 2.06. The van der Waals surface area contributed by atoms with Crippen molar-refractivity contribution in [3.05, 3.63) is 23.8 Å². The van der Waals surface area contributed by atoms with Gasteiger partial charge in [0.2, 0.25) is 0 Å². The second-order valence-corrected chi connectivity index (χ2v) is 4.08. The number of rotatable bonds is 1. The maximum atomic E-state index is 9.37. The average molecular weight is 214 g/mol. The van der Waals surface area contributed by atoms with Crippen molar-refractivity contribution in [3.63, 3.8) is 0 Å². The predicted molar refractivity (Wildman–Crippen MR) is 57.5 cm³/mol. The van der Waals surface area contributed by atoms with Crippen LogP contribution >= 0.6 is 22.9 Å². The number of benzene rings is 1. The Hall–Kier alpha value is -0.930. The van der Waals surface area contributed by atoms with Crippen LogP contribution in [0.15, 0.2) is 18.2 Å². The lowest BCUT2D eigenvalue weighted by Crippen LogP contribution is -1.82. The molecule has 0 spiro atoms. The Labute approximate surface area is 84.6 Å². The topological polar surface area (TPSA) is 46.2 Å². The largest absolute Gasteiger partial charge is 0.498 e. The molecule has 0 bridgehead atoms. The molecule has 0 saturated carbocycles. The van der Waals surface area contributed by atoms with Crippen LogP contribution in [0.4, 0.5) is 5.69 Å². The van der Waals surface area contributed by atoms with Crippen molar-refractivity contribution in [1.29, 1.82) is 0 Å². The summed E-state index contributed by atoms with van der Waals surface area (Å²) in [6.07, 6.45) is 0. The van der Waals surface area contributed by atoms with Gasteiger partial charge < -0.3 is 10.8 Å². The minimum absolute atomic E-state index is 0.182. The van der Waals surface area contributed by atoms with Gasteiger partial charge in [-0.3, -0.25) is 0 Å². The highest BCUT2D eigenvalue weighted by Gasteiger charge is 2.07. The fourth-order valence-corrected chi connectivity index (χ4v) is 2.24. The minimum atomic E-state index is 0.182. The Morgan fingerprint density at radius 3 is 2.92 bits per heavy atom. The van der Waals surface area contributed by atoms with Crippen molar-refractivity contribution in [2.24, 2.45) is 0 Å². The van der Waals surface area contributed by atoms with E-state index in [1.165, 1.54) is 11.3 Å². The molecule has 4 heteroatoms. The van der Waals surface area contributed by atoms with Gasteiger partial charge in [0, 0.05) is 16.0 Å². The summed E-state index contributed by atoms with van der Waals surface area (Å²) in [5.41, 5.74) is 7.14. The van der Waals surface area contributed by atoms with Gasteiger partial charge in [-0.2, -0.15) is 0 Å². The van der Waals surface area contributed by atoms with Crippen molar-refractivity contribution in [1.82, 2.24) is 0 Å². The Morgan fingerprint density at radius 1 is 1.46 bits per heavy atom. The summed E-state index contributed by atoms with van der Waals surface area (Å²) in [5.74, 6) is 0.464. The molecule has 2 aromatic rings. The van der Waals surface area contributed by atoms with Crippen LogP contribution < -0.4 is 5.73 Å². The fraction of sp³-hybridized carbons (Fsp3) is 0.111. The summed E-state index contributed by atoms with van der Waals surface area (Å²) in [6.45, 7) is 0.